The van der Waals surface area contributed by atoms with Gasteiger partial charge in [0.25, 0.3) is 0 Å². The zero-order chi connectivity index (χ0) is 8.10. The van der Waals surface area contributed by atoms with E-state index in [4.69, 9.17) is 0 Å². The molecule has 0 radical (unpaired) electrons. The molecule has 60 valence electrons. The smallest absolute Gasteiger partial charge is 0.0536 e. The minimum absolute atomic E-state index is 0.469. The zero-order valence-electron chi connectivity index (χ0n) is 7.12. The number of hydrogen-bond donors (Lipinski definition) is 1. The fraction of sp³-hybridized carbons (Fsp3) is 0.400. The minimum atomic E-state index is 0.469. The first kappa shape index (κ1) is 8.12. The topological polar surface area (TPSA) is 12.0 Å². The average Bonchev–Trinajstić information content (AvgIpc) is 2.39. The summed E-state index contributed by atoms with van der Waals surface area (Å²) in [5.74, 6) is 0.538. The molecule has 1 aliphatic rings. The van der Waals surface area contributed by atoms with E-state index in [2.05, 4.69) is 42.6 Å². The molecule has 1 nitrogen and oxygen atoms in total. The van der Waals surface area contributed by atoms with Crippen LogP contribution < -0.4 is 5.32 Å². The molecule has 1 aliphatic heterocycles. The average molecular weight is 149 g/mol. The van der Waals surface area contributed by atoms with Gasteiger partial charge in [0.15, 0.2) is 0 Å². The van der Waals surface area contributed by atoms with Gasteiger partial charge in [-0.1, -0.05) is 30.4 Å². The third-order valence-corrected chi connectivity index (χ3v) is 1.84. The van der Waals surface area contributed by atoms with E-state index < -0.39 is 0 Å². The molecule has 0 spiro atoms. The third kappa shape index (κ3) is 1.97. The van der Waals surface area contributed by atoms with E-state index in [0.717, 1.165) is 0 Å². The van der Waals surface area contributed by atoms with E-state index in [-0.39, 0.29) is 0 Å². The van der Waals surface area contributed by atoms with Crippen molar-refractivity contribution in [2.45, 2.75) is 19.9 Å². The first-order valence-electron chi connectivity index (χ1n) is 4.07. The van der Waals surface area contributed by atoms with Gasteiger partial charge in [-0.25, -0.2) is 0 Å². The van der Waals surface area contributed by atoms with E-state index in [9.17, 15) is 0 Å². The van der Waals surface area contributed by atoms with Crippen molar-refractivity contribution in [3.05, 3.63) is 36.6 Å². The van der Waals surface area contributed by atoms with Crippen molar-refractivity contribution in [3.8, 4) is 0 Å². The number of rotatable bonds is 2. The Morgan fingerprint density at radius 3 is 2.55 bits per heavy atom. The van der Waals surface area contributed by atoms with Crippen LogP contribution in [0.4, 0.5) is 0 Å². The van der Waals surface area contributed by atoms with E-state index in [1.165, 1.54) is 0 Å². The molecule has 11 heavy (non-hydrogen) atoms. The lowest BCUT2D eigenvalue weighted by Gasteiger charge is -2.11. The standard InChI is InChI=1S/C10H15N/c1-3-5-9-7-8-11-10(9)6-4-2/h3-11H,1-2H3/b5-3-,6-4-. The van der Waals surface area contributed by atoms with Crippen molar-refractivity contribution < 1.29 is 0 Å². The molecule has 0 fully saturated rings. The Kier molecular flexibility index (Phi) is 2.96. The second kappa shape index (κ2) is 4.02. The summed E-state index contributed by atoms with van der Waals surface area (Å²) in [6.07, 6.45) is 12.8. The summed E-state index contributed by atoms with van der Waals surface area (Å²) in [6, 6.07) is 0.469. The highest BCUT2D eigenvalue weighted by atomic mass is 14.9. The van der Waals surface area contributed by atoms with Gasteiger partial charge in [0.05, 0.1) is 6.04 Å². The predicted molar refractivity (Wildman–Crippen MR) is 49.2 cm³/mol. The highest BCUT2D eigenvalue weighted by Gasteiger charge is 2.15. The monoisotopic (exact) mass is 149 g/mol. The van der Waals surface area contributed by atoms with Crippen LogP contribution in [0.2, 0.25) is 0 Å². The molecule has 1 heterocycles. The van der Waals surface area contributed by atoms with Crippen LogP contribution in [0.3, 0.4) is 0 Å². The van der Waals surface area contributed by atoms with Crippen molar-refractivity contribution in [3.63, 3.8) is 0 Å². The molecule has 0 bridgehead atoms. The van der Waals surface area contributed by atoms with Crippen LogP contribution in [0.25, 0.3) is 0 Å². The Morgan fingerprint density at radius 2 is 1.91 bits per heavy atom. The molecule has 0 saturated heterocycles. The highest BCUT2D eigenvalue weighted by molar-refractivity contribution is 5.16. The highest BCUT2D eigenvalue weighted by Crippen LogP contribution is 2.14. The molecule has 1 N–H and O–H groups in total. The molecule has 1 rings (SSSR count). The minimum Gasteiger partial charge on any atom is -0.384 e. The first-order valence-corrected chi connectivity index (χ1v) is 4.07. The summed E-state index contributed by atoms with van der Waals surface area (Å²) in [6.45, 7) is 4.10. The molecule has 0 aromatic heterocycles. The maximum Gasteiger partial charge on any atom is 0.0536 e. The Bertz CT molecular complexity index is 189. The summed E-state index contributed by atoms with van der Waals surface area (Å²) in [7, 11) is 0. The van der Waals surface area contributed by atoms with Gasteiger partial charge in [-0.05, 0) is 20.0 Å². The quantitative estimate of drug-likeness (QED) is 0.594. The van der Waals surface area contributed by atoms with Gasteiger partial charge in [0, 0.05) is 5.92 Å². The van der Waals surface area contributed by atoms with Crippen molar-refractivity contribution in [1.29, 1.82) is 0 Å². The van der Waals surface area contributed by atoms with Crippen molar-refractivity contribution in [2.75, 3.05) is 0 Å². The Morgan fingerprint density at radius 1 is 1.18 bits per heavy atom. The fourth-order valence-electron chi connectivity index (χ4n) is 1.31. The van der Waals surface area contributed by atoms with Crippen molar-refractivity contribution >= 4 is 0 Å². The van der Waals surface area contributed by atoms with Gasteiger partial charge < -0.3 is 5.32 Å². The first-order chi connectivity index (χ1) is 5.38. The Balaban J connectivity index is 2.56. The van der Waals surface area contributed by atoms with E-state index in [1.54, 1.807) is 0 Å². The molecule has 1 heteroatoms. The van der Waals surface area contributed by atoms with Crippen LogP contribution in [0.15, 0.2) is 36.6 Å². The summed E-state index contributed by atoms with van der Waals surface area (Å²) < 4.78 is 0. The SMILES string of the molecule is C/C=C\C1C=CNC1/C=C\C. The van der Waals surface area contributed by atoms with E-state index in [1.807, 2.05) is 13.1 Å². The lowest BCUT2D eigenvalue weighted by molar-refractivity contribution is 0.654. The van der Waals surface area contributed by atoms with Crippen LogP contribution in [-0.2, 0) is 0 Å². The molecule has 0 aliphatic carbocycles. The Hall–Kier alpha value is -0.980. The summed E-state index contributed by atoms with van der Waals surface area (Å²) >= 11 is 0. The summed E-state index contributed by atoms with van der Waals surface area (Å²) in [5, 5.41) is 3.27. The van der Waals surface area contributed by atoms with Crippen LogP contribution in [0, 0.1) is 5.92 Å². The summed E-state index contributed by atoms with van der Waals surface area (Å²) in [4.78, 5) is 0. The predicted octanol–water partition coefficient (Wildman–Crippen LogP) is 2.24. The van der Waals surface area contributed by atoms with Gasteiger partial charge in [-0.3, -0.25) is 0 Å². The molecule has 2 atom stereocenters. The van der Waals surface area contributed by atoms with E-state index >= 15 is 0 Å². The maximum atomic E-state index is 3.27. The maximum absolute atomic E-state index is 3.27. The van der Waals surface area contributed by atoms with Gasteiger partial charge in [-0.2, -0.15) is 0 Å². The van der Waals surface area contributed by atoms with Crippen LogP contribution in [-0.4, -0.2) is 6.04 Å². The van der Waals surface area contributed by atoms with Gasteiger partial charge in [0.2, 0.25) is 0 Å². The summed E-state index contributed by atoms with van der Waals surface area (Å²) in [5.41, 5.74) is 0. The van der Waals surface area contributed by atoms with Gasteiger partial charge in [-0.15, -0.1) is 0 Å². The number of hydrogen-bond acceptors (Lipinski definition) is 1. The lowest BCUT2D eigenvalue weighted by Crippen LogP contribution is -2.22. The second-order valence-electron chi connectivity index (χ2n) is 2.68. The molecule has 0 aromatic rings. The number of allylic oxidation sites excluding steroid dienone is 2. The molecule has 0 amide bonds. The molecular weight excluding hydrogens is 134 g/mol. The van der Waals surface area contributed by atoms with Crippen molar-refractivity contribution in [1.82, 2.24) is 5.32 Å². The molecule has 2 unspecified atom stereocenters. The number of nitrogens with one attached hydrogen (secondary N) is 1. The fourth-order valence-corrected chi connectivity index (χ4v) is 1.31. The third-order valence-electron chi connectivity index (χ3n) is 1.84. The normalized spacial score (nSPS) is 30.4. The molecular formula is C10H15N. The lowest BCUT2D eigenvalue weighted by atomic mass is 10.0. The Labute approximate surface area is 68.5 Å². The van der Waals surface area contributed by atoms with E-state index in [0.29, 0.717) is 12.0 Å². The van der Waals surface area contributed by atoms with Crippen molar-refractivity contribution in [2.24, 2.45) is 5.92 Å². The van der Waals surface area contributed by atoms with Gasteiger partial charge in [0.1, 0.15) is 0 Å². The van der Waals surface area contributed by atoms with Gasteiger partial charge >= 0.3 is 0 Å². The largest absolute Gasteiger partial charge is 0.384 e. The zero-order valence-corrected chi connectivity index (χ0v) is 7.12. The van der Waals surface area contributed by atoms with Crippen LogP contribution >= 0.6 is 0 Å². The van der Waals surface area contributed by atoms with Crippen LogP contribution in [0.5, 0.6) is 0 Å². The molecule has 0 aromatic carbocycles. The second-order valence-corrected chi connectivity index (χ2v) is 2.68. The molecule has 0 saturated carbocycles. The van der Waals surface area contributed by atoms with Crippen LogP contribution in [0.1, 0.15) is 13.8 Å².